The number of halogens is 1. The first-order valence-corrected chi connectivity index (χ1v) is 16.0. The third-order valence-corrected chi connectivity index (χ3v) is 9.38. The lowest BCUT2D eigenvalue weighted by molar-refractivity contribution is -0.121. The monoisotopic (exact) mass is 592 g/mol. The predicted octanol–water partition coefficient (Wildman–Crippen LogP) is 8.05. The van der Waals surface area contributed by atoms with Crippen molar-refractivity contribution in [2.24, 2.45) is 0 Å². The lowest BCUT2D eigenvalue weighted by atomic mass is 9.68. The van der Waals surface area contributed by atoms with Gasteiger partial charge in [0, 0.05) is 31.0 Å². The molecule has 1 unspecified atom stereocenters. The summed E-state index contributed by atoms with van der Waals surface area (Å²) in [5.41, 5.74) is 6.28. The van der Waals surface area contributed by atoms with E-state index in [0.29, 0.717) is 25.4 Å². The van der Waals surface area contributed by atoms with Crippen molar-refractivity contribution in [1.82, 2.24) is 10.2 Å². The van der Waals surface area contributed by atoms with Crippen LogP contribution in [-0.2, 0) is 23.1 Å². The number of fused-ring (bicyclic) bond motifs is 1. The summed E-state index contributed by atoms with van der Waals surface area (Å²) in [6.07, 6.45) is 5.97. The molecule has 4 nitrogen and oxygen atoms in total. The molecule has 1 amide bonds. The summed E-state index contributed by atoms with van der Waals surface area (Å²) in [6.45, 7) is 5.04. The van der Waals surface area contributed by atoms with E-state index in [1.165, 1.54) is 34.4 Å². The zero-order valence-electron chi connectivity index (χ0n) is 26.1. The van der Waals surface area contributed by atoms with Crippen molar-refractivity contribution in [3.05, 3.63) is 137 Å². The largest absolute Gasteiger partial charge is 0.497 e. The molecule has 230 valence electrons. The van der Waals surface area contributed by atoms with Gasteiger partial charge in [0.25, 0.3) is 0 Å². The summed E-state index contributed by atoms with van der Waals surface area (Å²) in [5, 5.41) is 3.14. The van der Waals surface area contributed by atoms with E-state index in [4.69, 9.17) is 4.74 Å². The molecule has 0 aromatic heterocycles. The molecule has 0 fully saturated rings. The Morgan fingerprint density at radius 1 is 0.909 bits per heavy atom. The second kappa shape index (κ2) is 15.2. The molecule has 0 aliphatic carbocycles. The first kappa shape index (κ1) is 31.5. The minimum absolute atomic E-state index is 0.0374. The number of nitrogens with one attached hydrogen (secondary N) is 1. The van der Waals surface area contributed by atoms with Crippen LogP contribution in [0, 0.1) is 5.82 Å². The Hall–Kier alpha value is -3.96. The van der Waals surface area contributed by atoms with Crippen molar-refractivity contribution >= 4 is 5.91 Å². The number of carbonyl (C=O) groups is 1. The lowest BCUT2D eigenvalue weighted by Gasteiger charge is -2.39. The second-order valence-electron chi connectivity index (χ2n) is 12.0. The highest BCUT2D eigenvalue weighted by atomic mass is 19.1. The highest BCUT2D eigenvalue weighted by Crippen LogP contribution is 2.41. The molecule has 4 aromatic rings. The predicted molar refractivity (Wildman–Crippen MR) is 177 cm³/mol. The lowest BCUT2D eigenvalue weighted by Crippen LogP contribution is -2.36. The van der Waals surface area contributed by atoms with Crippen molar-refractivity contribution in [3.63, 3.8) is 0 Å². The Kier molecular flexibility index (Phi) is 10.8. The molecule has 0 saturated heterocycles. The topological polar surface area (TPSA) is 41.6 Å². The minimum Gasteiger partial charge on any atom is -0.497 e. The quantitative estimate of drug-likeness (QED) is 0.151. The number of aryl methyl sites for hydroxylation is 1. The number of carbonyl (C=O) groups excluding carboxylic acids is 1. The van der Waals surface area contributed by atoms with Crippen molar-refractivity contribution in [2.75, 3.05) is 26.7 Å². The molecule has 44 heavy (non-hydrogen) atoms. The molecule has 1 heterocycles. The third-order valence-electron chi connectivity index (χ3n) is 9.38. The molecule has 5 rings (SSSR count). The Labute approximate surface area is 262 Å². The van der Waals surface area contributed by atoms with Crippen LogP contribution in [0.3, 0.4) is 0 Å². The first-order chi connectivity index (χ1) is 21.5. The van der Waals surface area contributed by atoms with Crippen LogP contribution in [0.4, 0.5) is 4.39 Å². The van der Waals surface area contributed by atoms with E-state index in [0.717, 1.165) is 56.5 Å². The van der Waals surface area contributed by atoms with E-state index in [1.54, 1.807) is 19.2 Å². The second-order valence-corrected chi connectivity index (χ2v) is 12.0. The average molecular weight is 593 g/mol. The van der Waals surface area contributed by atoms with Gasteiger partial charge in [-0.25, -0.2) is 4.39 Å². The van der Waals surface area contributed by atoms with Crippen LogP contribution in [0.1, 0.15) is 72.9 Å². The summed E-state index contributed by atoms with van der Waals surface area (Å²) in [5.74, 6) is 0.706. The fraction of sp³-hybridized carbons (Fsp3) is 0.359. The van der Waals surface area contributed by atoms with Crippen LogP contribution >= 0.6 is 0 Å². The van der Waals surface area contributed by atoms with Gasteiger partial charge in [-0.15, -0.1) is 0 Å². The van der Waals surface area contributed by atoms with E-state index < -0.39 is 0 Å². The number of ether oxygens (including phenoxy) is 1. The fourth-order valence-corrected chi connectivity index (χ4v) is 6.86. The van der Waals surface area contributed by atoms with Crippen LogP contribution in [0.5, 0.6) is 5.75 Å². The van der Waals surface area contributed by atoms with Gasteiger partial charge < -0.3 is 10.1 Å². The van der Waals surface area contributed by atoms with Crippen molar-refractivity contribution in [2.45, 2.75) is 63.3 Å². The molecule has 0 spiro atoms. The van der Waals surface area contributed by atoms with Crippen LogP contribution in [0.2, 0.25) is 0 Å². The number of hydrogen-bond acceptors (Lipinski definition) is 3. The van der Waals surface area contributed by atoms with Crippen LogP contribution in [-0.4, -0.2) is 37.6 Å². The SMILES string of the molecule is COc1ccc2c(c1)C(C)N(CCCC(CCCNC(=O)CCc1ccc(F)cc1)(c1ccccc1)c1ccccc1)CC2. The Bertz CT molecular complexity index is 1430. The Morgan fingerprint density at radius 2 is 1.57 bits per heavy atom. The molecule has 1 atom stereocenters. The molecule has 5 heteroatoms. The summed E-state index contributed by atoms with van der Waals surface area (Å²) < 4.78 is 18.7. The highest BCUT2D eigenvalue weighted by molar-refractivity contribution is 5.76. The molecule has 0 saturated carbocycles. The zero-order valence-corrected chi connectivity index (χ0v) is 26.1. The number of rotatable bonds is 14. The third kappa shape index (κ3) is 7.75. The van der Waals surface area contributed by atoms with Gasteiger partial charge in [0.2, 0.25) is 5.91 Å². The summed E-state index contributed by atoms with van der Waals surface area (Å²) in [7, 11) is 1.74. The Morgan fingerprint density at radius 3 is 2.23 bits per heavy atom. The van der Waals surface area contributed by atoms with E-state index in [-0.39, 0.29) is 17.1 Å². The van der Waals surface area contributed by atoms with E-state index in [9.17, 15) is 9.18 Å². The standard InChI is InChI=1S/C39H45FN2O2/c1-30-37-29-36(44-2)21-18-32(37)23-28-42(30)27-10-25-39(33-11-5-3-6-12-33,34-13-7-4-8-14-34)24-9-26-41-38(43)22-17-31-15-19-35(40)20-16-31/h3-8,11-16,18-21,29-30H,9-10,17,22-28H2,1-2H3,(H,41,43). The zero-order chi connectivity index (χ0) is 30.8. The fourth-order valence-electron chi connectivity index (χ4n) is 6.86. The van der Waals surface area contributed by atoms with E-state index in [1.807, 2.05) is 0 Å². The molecular weight excluding hydrogens is 547 g/mol. The summed E-state index contributed by atoms with van der Waals surface area (Å²) >= 11 is 0. The van der Waals surface area contributed by atoms with Crippen LogP contribution in [0.25, 0.3) is 0 Å². The van der Waals surface area contributed by atoms with Gasteiger partial charge in [0.15, 0.2) is 0 Å². The molecule has 4 aromatic carbocycles. The molecular formula is C39H45FN2O2. The van der Waals surface area contributed by atoms with Crippen molar-refractivity contribution in [1.29, 1.82) is 0 Å². The number of methoxy groups -OCH3 is 1. The number of hydrogen-bond donors (Lipinski definition) is 1. The maximum Gasteiger partial charge on any atom is 0.220 e. The molecule has 1 N–H and O–H groups in total. The smallest absolute Gasteiger partial charge is 0.220 e. The Balaban J connectivity index is 1.26. The van der Waals surface area contributed by atoms with Gasteiger partial charge >= 0.3 is 0 Å². The number of amides is 1. The summed E-state index contributed by atoms with van der Waals surface area (Å²) in [4.78, 5) is 15.3. The molecule has 0 bridgehead atoms. The van der Waals surface area contributed by atoms with Gasteiger partial charge in [0.05, 0.1) is 7.11 Å². The maximum absolute atomic E-state index is 13.2. The van der Waals surface area contributed by atoms with Crippen molar-refractivity contribution in [3.8, 4) is 5.75 Å². The van der Waals surface area contributed by atoms with Gasteiger partial charge in [-0.05, 0) is 104 Å². The van der Waals surface area contributed by atoms with E-state index in [2.05, 4.69) is 96.0 Å². The minimum atomic E-state index is -0.255. The molecule has 1 aliphatic rings. The van der Waals surface area contributed by atoms with Gasteiger partial charge in [0.1, 0.15) is 11.6 Å². The van der Waals surface area contributed by atoms with Gasteiger partial charge in [-0.3, -0.25) is 9.69 Å². The average Bonchev–Trinajstić information content (AvgIpc) is 3.07. The van der Waals surface area contributed by atoms with E-state index >= 15 is 0 Å². The molecule has 1 aliphatic heterocycles. The van der Waals surface area contributed by atoms with Gasteiger partial charge in [-0.2, -0.15) is 0 Å². The normalized spacial score (nSPS) is 15.0. The van der Waals surface area contributed by atoms with Gasteiger partial charge in [-0.1, -0.05) is 78.9 Å². The molecule has 0 radical (unpaired) electrons. The maximum atomic E-state index is 13.2. The number of benzene rings is 4. The highest BCUT2D eigenvalue weighted by Gasteiger charge is 2.34. The van der Waals surface area contributed by atoms with Crippen molar-refractivity contribution < 1.29 is 13.9 Å². The number of nitrogens with zero attached hydrogens (tertiary/aromatic N) is 1. The first-order valence-electron chi connectivity index (χ1n) is 16.0. The summed E-state index contributed by atoms with van der Waals surface area (Å²) in [6, 6.07) is 35.0. The van der Waals surface area contributed by atoms with Crippen LogP contribution < -0.4 is 10.1 Å². The van der Waals surface area contributed by atoms with Crippen LogP contribution in [0.15, 0.2) is 103 Å².